The lowest BCUT2D eigenvalue weighted by atomic mass is 10.0. The molecular weight excluding hydrogens is 457 g/mol. The number of sulfonamides is 1. The fourth-order valence-corrected chi connectivity index (χ4v) is 4.47. The van der Waals surface area contributed by atoms with Crippen LogP contribution in [0.25, 0.3) is 0 Å². The molecular formula is C25H34FN3O4S. The van der Waals surface area contributed by atoms with Gasteiger partial charge in [0.1, 0.15) is 18.4 Å². The van der Waals surface area contributed by atoms with E-state index in [9.17, 15) is 22.4 Å². The number of nitrogens with zero attached hydrogens (tertiary/aromatic N) is 2. The lowest BCUT2D eigenvalue weighted by molar-refractivity contribution is -0.141. The summed E-state index contributed by atoms with van der Waals surface area (Å²) in [6.45, 7) is 8.82. The minimum absolute atomic E-state index is 0.0403. The molecule has 0 heterocycles. The number of anilines is 1. The smallest absolute Gasteiger partial charge is 0.244 e. The van der Waals surface area contributed by atoms with E-state index in [4.69, 9.17) is 0 Å². The van der Waals surface area contributed by atoms with Gasteiger partial charge in [0.2, 0.25) is 21.8 Å². The van der Waals surface area contributed by atoms with Crippen molar-refractivity contribution in [3.05, 3.63) is 65.5 Å². The van der Waals surface area contributed by atoms with Crippen LogP contribution in [-0.4, -0.2) is 49.5 Å². The van der Waals surface area contributed by atoms with Crippen LogP contribution in [0.15, 0.2) is 48.5 Å². The first kappa shape index (κ1) is 27.3. The quantitative estimate of drug-likeness (QED) is 0.581. The van der Waals surface area contributed by atoms with E-state index in [0.717, 1.165) is 27.8 Å². The van der Waals surface area contributed by atoms with Crippen molar-refractivity contribution >= 4 is 27.5 Å². The van der Waals surface area contributed by atoms with Crippen molar-refractivity contribution in [3.63, 3.8) is 0 Å². The lowest BCUT2D eigenvalue weighted by Gasteiger charge is -2.34. The maximum atomic E-state index is 13.8. The molecule has 0 aromatic heterocycles. The number of amides is 2. The third-order valence-corrected chi connectivity index (χ3v) is 6.24. The molecule has 0 spiro atoms. The van der Waals surface area contributed by atoms with Gasteiger partial charge < -0.3 is 10.2 Å². The number of aryl methyl sites for hydroxylation is 1. The summed E-state index contributed by atoms with van der Waals surface area (Å²) in [5.41, 5.74) is 1.34. The summed E-state index contributed by atoms with van der Waals surface area (Å²) in [7, 11) is -3.91. The second kappa shape index (κ2) is 11.0. The highest BCUT2D eigenvalue weighted by atomic mass is 32.2. The second-order valence-corrected chi connectivity index (χ2v) is 11.3. The van der Waals surface area contributed by atoms with Crippen LogP contribution in [0.2, 0.25) is 0 Å². The van der Waals surface area contributed by atoms with Gasteiger partial charge in [0, 0.05) is 12.1 Å². The van der Waals surface area contributed by atoms with E-state index >= 15 is 0 Å². The van der Waals surface area contributed by atoms with Gasteiger partial charge in [-0.1, -0.05) is 42.8 Å². The SMILES string of the molecule is CCC(C(=O)NC(C)(C)C)N(Cc1cccc(C)c1)C(=O)CN(c1cccc(F)c1)S(C)(=O)=O. The van der Waals surface area contributed by atoms with Gasteiger partial charge in [0.05, 0.1) is 11.9 Å². The predicted molar refractivity (Wildman–Crippen MR) is 132 cm³/mol. The number of carbonyl (C=O) groups is 2. The van der Waals surface area contributed by atoms with Crippen molar-refractivity contribution in [2.75, 3.05) is 17.1 Å². The molecule has 186 valence electrons. The highest BCUT2D eigenvalue weighted by Gasteiger charge is 2.33. The van der Waals surface area contributed by atoms with Crippen LogP contribution < -0.4 is 9.62 Å². The van der Waals surface area contributed by atoms with Crippen molar-refractivity contribution in [1.29, 1.82) is 0 Å². The van der Waals surface area contributed by atoms with Crippen molar-refractivity contribution in [2.45, 2.75) is 59.2 Å². The Balaban J connectivity index is 2.46. The summed E-state index contributed by atoms with van der Waals surface area (Å²) >= 11 is 0. The molecule has 9 heteroatoms. The molecule has 0 aliphatic heterocycles. The van der Waals surface area contributed by atoms with Gasteiger partial charge in [0.15, 0.2) is 0 Å². The molecule has 0 aliphatic rings. The molecule has 0 saturated carbocycles. The molecule has 2 aromatic rings. The van der Waals surface area contributed by atoms with Gasteiger partial charge in [0.25, 0.3) is 0 Å². The summed E-state index contributed by atoms with van der Waals surface area (Å²) < 4.78 is 39.7. The zero-order valence-electron chi connectivity index (χ0n) is 20.6. The standard InChI is InChI=1S/C25H34FN3O4S/c1-7-22(24(31)27-25(3,4)5)28(16-19-11-8-10-18(2)14-19)23(30)17-29(34(6,32)33)21-13-9-12-20(26)15-21/h8-15,22H,7,16-17H2,1-6H3,(H,27,31). The Labute approximate surface area is 202 Å². The Hall–Kier alpha value is -2.94. The first-order valence-corrected chi connectivity index (χ1v) is 13.0. The maximum absolute atomic E-state index is 13.8. The summed E-state index contributed by atoms with van der Waals surface area (Å²) in [5, 5.41) is 2.91. The predicted octanol–water partition coefficient (Wildman–Crippen LogP) is 3.62. The summed E-state index contributed by atoms with van der Waals surface area (Å²) in [5.74, 6) is -1.51. The molecule has 0 radical (unpaired) electrons. The van der Waals surface area contributed by atoms with Gasteiger partial charge in [-0.05, 0) is 57.9 Å². The normalized spacial score (nSPS) is 12.7. The Kier molecular flexibility index (Phi) is 8.83. The topological polar surface area (TPSA) is 86.8 Å². The van der Waals surface area contributed by atoms with Gasteiger partial charge in [-0.2, -0.15) is 0 Å². The molecule has 2 rings (SSSR count). The van der Waals surface area contributed by atoms with Crippen LogP contribution in [0.4, 0.5) is 10.1 Å². The summed E-state index contributed by atoms with van der Waals surface area (Å²) in [6.07, 6.45) is 1.29. The lowest BCUT2D eigenvalue weighted by Crippen LogP contribution is -2.55. The van der Waals surface area contributed by atoms with E-state index in [1.54, 1.807) is 6.92 Å². The second-order valence-electron chi connectivity index (χ2n) is 9.42. The Morgan fingerprint density at radius 2 is 1.74 bits per heavy atom. The molecule has 0 aliphatic carbocycles. The van der Waals surface area contributed by atoms with E-state index in [1.807, 2.05) is 52.0 Å². The maximum Gasteiger partial charge on any atom is 0.244 e. The highest BCUT2D eigenvalue weighted by molar-refractivity contribution is 7.92. The van der Waals surface area contributed by atoms with Crippen molar-refractivity contribution in [3.8, 4) is 0 Å². The number of halogens is 1. The number of hydrogen-bond acceptors (Lipinski definition) is 4. The molecule has 1 unspecified atom stereocenters. The monoisotopic (exact) mass is 491 g/mol. The first-order chi connectivity index (χ1) is 15.7. The van der Waals surface area contributed by atoms with Crippen LogP contribution >= 0.6 is 0 Å². The van der Waals surface area contributed by atoms with Gasteiger partial charge >= 0.3 is 0 Å². The molecule has 0 fully saturated rings. The molecule has 2 amide bonds. The highest BCUT2D eigenvalue weighted by Crippen LogP contribution is 2.21. The van der Waals surface area contributed by atoms with Crippen molar-refractivity contribution in [1.82, 2.24) is 10.2 Å². The molecule has 1 atom stereocenters. The largest absolute Gasteiger partial charge is 0.350 e. The molecule has 0 saturated heterocycles. The van der Waals surface area contributed by atoms with Gasteiger partial charge in [-0.3, -0.25) is 13.9 Å². The number of benzene rings is 2. The number of carbonyl (C=O) groups excluding carboxylic acids is 2. The van der Waals surface area contributed by atoms with E-state index in [0.29, 0.717) is 6.42 Å². The minimum Gasteiger partial charge on any atom is -0.350 e. The molecule has 7 nitrogen and oxygen atoms in total. The Morgan fingerprint density at radius 3 is 2.26 bits per heavy atom. The van der Waals surface area contributed by atoms with Crippen LogP contribution in [0.1, 0.15) is 45.2 Å². The van der Waals surface area contributed by atoms with Crippen LogP contribution in [0.5, 0.6) is 0 Å². The van der Waals surface area contributed by atoms with Crippen molar-refractivity contribution in [2.24, 2.45) is 0 Å². The van der Waals surface area contributed by atoms with Gasteiger partial charge in [-0.15, -0.1) is 0 Å². The zero-order valence-corrected chi connectivity index (χ0v) is 21.4. The van der Waals surface area contributed by atoms with E-state index in [-0.39, 0.29) is 18.1 Å². The third-order valence-electron chi connectivity index (χ3n) is 5.09. The van der Waals surface area contributed by atoms with Crippen LogP contribution in [0, 0.1) is 12.7 Å². The van der Waals surface area contributed by atoms with Crippen molar-refractivity contribution < 1.29 is 22.4 Å². The summed E-state index contributed by atoms with van der Waals surface area (Å²) in [6, 6.07) is 11.8. The fourth-order valence-electron chi connectivity index (χ4n) is 3.62. The third kappa shape index (κ3) is 7.83. The molecule has 2 aromatic carbocycles. The Morgan fingerprint density at radius 1 is 1.09 bits per heavy atom. The number of rotatable bonds is 9. The molecule has 1 N–H and O–H groups in total. The Bertz CT molecular complexity index is 1130. The van der Waals surface area contributed by atoms with Crippen LogP contribution in [-0.2, 0) is 26.2 Å². The minimum atomic E-state index is -3.91. The first-order valence-electron chi connectivity index (χ1n) is 11.1. The zero-order chi connectivity index (χ0) is 25.7. The average molecular weight is 492 g/mol. The fraction of sp³-hybridized carbons (Fsp3) is 0.440. The molecule has 0 bridgehead atoms. The van der Waals surface area contributed by atoms with Gasteiger partial charge in [-0.25, -0.2) is 12.8 Å². The van der Waals surface area contributed by atoms with Crippen LogP contribution in [0.3, 0.4) is 0 Å². The molecule has 34 heavy (non-hydrogen) atoms. The number of hydrogen-bond donors (Lipinski definition) is 1. The van der Waals surface area contributed by atoms with E-state index in [1.165, 1.54) is 23.1 Å². The summed E-state index contributed by atoms with van der Waals surface area (Å²) in [4.78, 5) is 28.1. The van der Waals surface area contributed by atoms with E-state index < -0.39 is 39.9 Å². The average Bonchev–Trinajstić information content (AvgIpc) is 2.69. The van der Waals surface area contributed by atoms with E-state index in [2.05, 4.69) is 5.32 Å². The number of nitrogens with one attached hydrogen (secondary N) is 1.